The number of rotatable bonds is 7. The third-order valence-corrected chi connectivity index (χ3v) is 10.9. The van der Waals surface area contributed by atoms with Crippen LogP contribution in [0.2, 0.25) is 0 Å². The van der Waals surface area contributed by atoms with Gasteiger partial charge in [0.05, 0.1) is 22.1 Å². The molecule has 6 atom stereocenters. The van der Waals surface area contributed by atoms with Gasteiger partial charge in [-0.25, -0.2) is 0 Å². The second-order valence-electron chi connectivity index (χ2n) is 12.4. The molecule has 222 valence electrons. The molecule has 0 radical (unpaired) electrons. The number of carbonyl (C=O) groups is 4. The average Bonchev–Trinajstić information content (AvgIpc) is 2.86. The van der Waals surface area contributed by atoms with Crippen LogP contribution in [0.15, 0.2) is 34.9 Å². The summed E-state index contributed by atoms with van der Waals surface area (Å²) in [6.45, 7) is 13.2. The predicted octanol–water partition coefficient (Wildman–Crippen LogP) is 4.92. The topological polar surface area (TPSA) is 138 Å². The summed E-state index contributed by atoms with van der Waals surface area (Å²) in [6, 6.07) is 4.82. The molecule has 4 rings (SSSR count). The quantitative estimate of drug-likeness (QED) is 0.176. The van der Waals surface area contributed by atoms with Crippen molar-refractivity contribution in [2.24, 2.45) is 22.7 Å². The summed E-state index contributed by atoms with van der Waals surface area (Å²) in [6.07, 6.45) is -0.379. The Morgan fingerprint density at radius 3 is 2.27 bits per heavy atom. The Morgan fingerprint density at radius 1 is 1.10 bits per heavy atom. The van der Waals surface area contributed by atoms with Crippen LogP contribution < -0.4 is 0 Å². The van der Waals surface area contributed by atoms with Crippen LogP contribution in [0, 0.1) is 22.7 Å². The number of ether oxygens (including phenoxy) is 1. The lowest BCUT2D eigenvalue weighted by Gasteiger charge is -2.64. The lowest BCUT2D eigenvalue weighted by molar-refractivity contribution is -0.223. The number of hydrogen-bond acceptors (Lipinski definition) is 9. The maximum Gasteiger partial charge on any atom is 0.302 e. The fraction of sp³-hybridized carbons (Fsp3) is 0.562. The van der Waals surface area contributed by atoms with Gasteiger partial charge in [0.15, 0.2) is 11.4 Å². The van der Waals surface area contributed by atoms with Gasteiger partial charge < -0.3 is 20.1 Å². The highest BCUT2D eigenvalue weighted by atomic mass is 32.2. The van der Waals surface area contributed by atoms with Crippen molar-refractivity contribution >= 4 is 40.8 Å². The van der Waals surface area contributed by atoms with E-state index in [1.54, 1.807) is 44.7 Å². The number of hydrogen-bond donors (Lipinski definition) is 3. The van der Waals surface area contributed by atoms with Gasteiger partial charge in [-0.3, -0.25) is 19.2 Å². The minimum Gasteiger partial charge on any atom is -0.507 e. The van der Waals surface area contributed by atoms with Gasteiger partial charge in [0.1, 0.15) is 17.6 Å². The zero-order chi connectivity index (χ0) is 30.8. The van der Waals surface area contributed by atoms with Gasteiger partial charge in [-0.2, -0.15) is 11.8 Å². The molecule has 0 spiro atoms. The van der Waals surface area contributed by atoms with E-state index in [1.807, 2.05) is 20.8 Å². The molecule has 3 aliphatic rings. The Morgan fingerprint density at radius 2 is 1.73 bits per heavy atom. The number of aliphatic hydroxyl groups excluding tert-OH is 1. The molecule has 1 saturated carbocycles. The van der Waals surface area contributed by atoms with Crippen molar-refractivity contribution in [3.8, 4) is 5.75 Å². The van der Waals surface area contributed by atoms with Crippen LogP contribution in [0.25, 0.3) is 5.76 Å². The molecule has 0 saturated heterocycles. The summed E-state index contributed by atoms with van der Waals surface area (Å²) in [5.41, 5.74) is -5.41. The van der Waals surface area contributed by atoms with Gasteiger partial charge in [-0.15, -0.1) is 0 Å². The number of carbonyl (C=O) groups excluding carboxylic acids is 4. The number of aromatic hydroxyl groups is 1. The third-order valence-electron chi connectivity index (χ3n) is 9.61. The van der Waals surface area contributed by atoms with Crippen molar-refractivity contribution < 1.29 is 39.2 Å². The van der Waals surface area contributed by atoms with Gasteiger partial charge in [-0.05, 0) is 49.5 Å². The first-order valence-corrected chi connectivity index (χ1v) is 15.2. The number of ketones is 3. The summed E-state index contributed by atoms with van der Waals surface area (Å²) in [4.78, 5) is 54.6. The van der Waals surface area contributed by atoms with E-state index in [-0.39, 0.29) is 28.4 Å². The van der Waals surface area contributed by atoms with E-state index in [4.69, 9.17) is 4.74 Å². The van der Waals surface area contributed by atoms with E-state index < -0.39 is 63.4 Å². The standard InChI is InChI=1S/C32H40O8S/c1-9-13-41-14-20-19-11-10-12-21(35)23(19)26(36)25-28(38)32(39)27(37)22(17(5)33)16(4)24(15(2)3)31(32,8)29(30(20,25)7)40-18(6)34/h10-12,15,20,24,29,35-36,39H,9,13-14H2,1-8H3/t20-,24+,29-,30+,31+,32+/m0/s1. The van der Waals surface area contributed by atoms with Gasteiger partial charge >= 0.3 is 5.97 Å². The molecular weight excluding hydrogens is 544 g/mol. The number of thioether (sulfide) groups is 1. The molecule has 0 unspecified atom stereocenters. The fourth-order valence-corrected chi connectivity index (χ4v) is 9.45. The summed E-state index contributed by atoms with van der Waals surface area (Å²) in [5, 5.41) is 35.1. The van der Waals surface area contributed by atoms with Crippen molar-refractivity contribution in [3.05, 3.63) is 46.0 Å². The predicted molar refractivity (Wildman–Crippen MR) is 156 cm³/mol. The SMILES string of the molecule is CCCSC[C@H]1c2cccc(O)c2C(O)=C2C(=O)[C@]3(O)C(=O)C(C(C)=O)=C(C)[C@@H](C(C)C)[C@]3(C)[C@@H](OC(C)=O)[C@@]21C. The molecule has 0 heterocycles. The highest BCUT2D eigenvalue weighted by Crippen LogP contribution is 2.68. The lowest BCUT2D eigenvalue weighted by Crippen LogP contribution is -2.77. The second-order valence-corrected chi connectivity index (χ2v) is 13.5. The number of phenols is 1. The zero-order valence-corrected chi connectivity index (χ0v) is 25.8. The van der Waals surface area contributed by atoms with Crippen molar-refractivity contribution in [1.82, 2.24) is 0 Å². The van der Waals surface area contributed by atoms with Crippen LogP contribution >= 0.6 is 11.8 Å². The maximum absolute atomic E-state index is 14.8. The molecule has 1 aromatic rings. The minimum absolute atomic E-state index is 0.0476. The van der Waals surface area contributed by atoms with Crippen LogP contribution in [0.3, 0.4) is 0 Å². The van der Waals surface area contributed by atoms with Crippen molar-refractivity contribution in [3.63, 3.8) is 0 Å². The zero-order valence-electron chi connectivity index (χ0n) is 25.0. The summed E-state index contributed by atoms with van der Waals surface area (Å²) >= 11 is 1.63. The highest BCUT2D eigenvalue weighted by Gasteiger charge is 2.78. The van der Waals surface area contributed by atoms with E-state index in [2.05, 4.69) is 0 Å². The first-order chi connectivity index (χ1) is 19.0. The van der Waals surface area contributed by atoms with E-state index in [9.17, 15) is 34.5 Å². The Balaban J connectivity index is 2.20. The molecule has 1 fully saturated rings. The Labute approximate surface area is 245 Å². The number of phenolic OH excluding ortho intramolecular Hbond substituents is 1. The van der Waals surface area contributed by atoms with E-state index >= 15 is 0 Å². The van der Waals surface area contributed by atoms with Crippen LogP contribution in [-0.4, -0.2) is 61.8 Å². The fourth-order valence-electron chi connectivity index (χ4n) is 8.24. The van der Waals surface area contributed by atoms with Gasteiger partial charge in [0.2, 0.25) is 11.6 Å². The lowest BCUT2D eigenvalue weighted by atomic mass is 9.39. The number of fused-ring (bicyclic) bond motifs is 3. The van der Waals surface area contributed by atoms with Gasteiger partial charge in [-0.1, -0.05) is 52.3 Å². The average molecular weight is 585 g/mol. The molecule has 0 bridgehead atoms. The first kappa shape index (κ1) is 31.0. The molecule has 8 nitrogen and oxygen atoms in total. The van der Waals surface area contributed by atoms with E-state index in [0.29, 0.717) is 16.9 Å². The number of Topliss-reactive ketones (excluding diaryl/α,β-unsaturated/α-hetero) is 3. The minimum atomic E-state index is -2.82. The first-order valence-electron chi connectivity index (χ1n) is 14.1. The highest BCUT2D eigenvalue weighted by molar-refractivity contribution is 7.99. The van der Waals surface area contributed by atoms with Crippen molar-refractivity contribution in [2.75, 3.05) is 11.5 Å². The molecular formula is C32H40O8S. The van der Waals surface area contributed by atoms with Crippen LogP contribution in [0.5, 0.6) is 5.75 Å². The third kappa shape index (κ3) is 3.98. The molecule has 0 aliphatic heterocycles. The summed E-state index contributed by atoms with van der Waals surface area (Å²) < 4.78 is 6.12. The summed E-state index contributed by atoms with van der Waals surface area (Å²) in [5.74, 6) is -4.49. The summed E-state index contributed by atoms with van der Waals surface area (Å²) in [7, 11) is 0. The normalized spacial score (nSPS) is 33.0. The van der Waals surface area contributed by atoms with Crippen molar-refractivity contribution in [2.45, 2.75) is 79.4 Å². The van der Waals surface area contributed by atoms with E-state index in [1.165, 1.54) is 19.9 Å². The molecule has 41 heavy (non-hydrogen) atoms. The largest absolute Gasteiger partial charge is 0.507 e. The Hall–Kier alpha value is -2.91. The number of aliphatic hydroxyl groups is 2. The van der Waals surface area contributed by atoms with Crippen LogP contribution in [-0.2, 0) is 23.9 Å². The number of allylic oxidation sites excluding steroid dienone is 1. The van der Waals surface area contributed by atoms with Crippen molar-refractivity contribution in [1.29, 1.82) is 0 Å². The second kappa shape index (κ2) is 10.4. The van der Waals surface area contributed by atoms with Crippen LogP contribution in [0.1, 0.15) is 78.9 Å². The smallest absolute Gasteiger partial charge is 0.302 e. The molecule has 9 heteroatoms. The van der Waals surface area contributed by atoms with Crippen LogP contribution in [0.4, 0.5) is 0 Å². The monoisotopic (exact) mass is 584 g/mol. The molecule has 1 aromatic carbocycles. The van der Waals surface area contributed by atoms with Gasteiger partial charge in [0.25, 0.3) is 0 Å². The van der Waals surface area contributed by atoms with Gasteiger partial charge in [0, 0.05) is 24.0 Å². The molecule has 3 aliphatic carbocycles. The molecule has 0 amide bonds. The Kier molecular flexibility index (Phi) is 7.89. The molecule has 3 N–H and O–H groups in total. The Bertz CT molecular complexity index is 1410. The maximum atomic E-state index is 14.8. The number of esters is 1. The number of benzene rings is 1. The molecule has 0 aromatic heterocycles. The van der Waals surface area contributed by atoms with E-state index in [0.717, 1.165) is 12.2 Å².